The summed E-state index contributed by atoms with van der Waals surface area (Å²) in [7, 11) is 0. The van der Waals surface area contributed by atoms with Crippen molar-refractivity contribution in [3.63, 3.8) is 0 Å². The van der Waals surface area contributed by atoms with Crippen molar-refractivity contribution in [2.24, 2.45) is 5.92 Å². The van der Waals surface area contributed by atoms with Crippen molar-refractivity contribution in [2.75, 3.05) is 0 Å². The van der Waals surface area contributed by atoms with E-state index in [1.807, 2.05) is 0 Å². The molecule has 0 unspecified atom stereocenters. The van der Waals surface area contributed by atoms with E-state index in [0.29, 0.717) is 0 Å². The molecule has 94 valence electrons. The van der Waals surface area contributed by atoms with Gasteiger partial charge in [0.15, 0.2) is 11.9 Å². The molecule has 0 heterocycles. The molecule has 1 rings (SSSR count). The highest BCUT2D eigenvalue weighted by Gasteiger charge is 2.44. The van der Waals surface area contributed by atoms with Crippen LogP contribution in [0.1, 0.15) is 17.3 Å². The Morgan fingerprint density at radius 3 is 2.47 bits per heavy atom. The van der Waals surface area contributed by atoms with Gasteiger partial charge in [0.25, 0.3) is 0 Å². The Hall–Kier alpha value is -1.07. The van der Waals surface area contributed by atoms with Gasteiger partial charge in [0.1, 0.15) is 0 Å². The SMILES string of the molecule is C[C@H](C(=O)c1cccc(Cl)c1)[C@H](O)C(F)(F)F. The molecule has 0 saturated carbocycles. The first kappa shape index (κ1) is 14.0. The molecule has 17 heavy (non-hydrogen) atoms. The zero-order valence-corrected chi connectivity index (χ0v) is 9.59. The Labute approximate surface area is 101 Å². The number of aliphatic hydroxyl groups is 1. The number of carbonyl (C=O) groups excluding carboxylic acids is 1. The van der Waals surface area contributed by atoms with Crippen molar-refractivity contribution >= 4 is 17.4 Å². The zero-order valence-electron chi connectivity index (χ0n) is 8.83. The van der Waals surface area contributed by atoms with Gasteiger partial charge in [-0.25, -0.2) is 0 Å². The van der Waals surface area contributed by atoms with Crippen molar-refractivity contribution in [1.82, 2.24) is 0 Å². The van der Waals surface area contributed by atoms with Crippen LogP contribution in [-0.4, -0.2) is 23.2 Å². The number of alkyl halides is 3. The van der Waals surface area contributed by atoms with Gasteiger partial charge in [-0.3, -0.25) is 4.79 Å². The standard InChI is InChI=1S/C11H10ClF3O2/c1-6(10(17)11(13,14)15)9(16)7-3-2-4-8(12)5-7/h2-6,10,17H,1H3/t6-,10+/m1/s1. The monoisotopic (exact) mass is 266 g/mol. The Balaban J connectivity index is 2.91. The Bertz CT molecular complexity index is 417. The molecule has 0 aliphatic rings. The van der Waals surface area contributed by atoms with E-state index in [1.54, 1.807) is 0 Å². The van der Waals surface area contributed by atoms with Gasteiger partial charge in [-0.1, -0.05) is 30.7 Å². The van der Waals surface area contributed by atoms with Crippen LogP contribution in [0.3, 0.4) is 0 Å². The lowest BCUT2D eigenvalue weighted by Gasteiger charge is -2.20. The molecule has 1 aromatic rings. The minimum absolute atomic E-state index is 0.0494. The molecule has 0 aliphatic heterocycles. The van der Waals surface area contributed by atoms with Crippen LogP contribution in [0.2, 0.25) is 5.02 Å². The highest BCUT2D eigenvalue weighted by Crippen LogP contribution is 2.27. The smallest absolute Gasteiger partial charge is 0.383 e. The average molecular weight is 267 g/mol. The van der Waals surface area contributed by atoms with Crippen LogP contribution >= 0.6 is 11.6 Å². The molecule has 0 bridgehead atoms. The van der Waals surface area contributed by atoms with Gasteiger partial charge in [-0.15, -0.1) is 0 Å². The second kappa shape index (κ2) is 5.06. The van der Waals surface area contributed by atoms with Crippen LogP contribution in [0.25, 0.3) is 0 Å². The van der Waals surface area contributed by atoms with E-state index in [1.165, 1.54) is 24.3 Å². The number of halogens is 4. The van der Waals surface area contributed by atoms with Crippen LogP contribution in [0.5, 0.6) is 0 Å². The van der Waals surface area contributed by atoms with E-state index >= 15 is 0 Å². The lowest BCUT2D eigenvalue weighted by molar-refractivity contribution is -0.212. The summed E-state index contributed by atoms with van der Waals surface area (Å²) in [5, 5.41) is 9.23. The van der Waals surface area contributed by atoms with Gasteiger partial charge < -0.3 is 5.11 Å². The minimum atomic E-state index is -4.81. The fourth-order valence-corrected chi connectivity index (χ4v) is 1.52. The van der Waals surface area contributed by atoms with Crippen LogP contribution in [0, 0.1) is 5.92 Å². The largest absolute Gasteiger partial charge is 0.415 e. The highest BCUT2D eigenvalue weighted by molar-refractivity contribution is 6.31. The second-order valence-electron chi connectivity index (χ2n) is 3.65. The van der Waals surface area contributed by atoms with E-state index in [4.69, 9.17) is 16.7 Å². The van der Waals surface area contributed by atoms with Crippen LogP contribution in [0.4, 0.5) is 13.2 Å². The van der Waals surface area contributed by atoms with Gasteiger partial charge in [-0.2, -0.15) is 13.2 Å². The number of ketones is 1. The van der Waals surface area contributed by atoms with Crippen LogP contribution in [-0.2, 0) is 0 Å². The third-order valence-electron chi connectivity index (χ3n) is 2.33. The predicted octanol–water partition coefficient (Wildman–Crippen LogP) is 3.08. The molecule has 0 radical (unpaired) electrons. The molecule has 0 spiro atoms. The molecule has 1 aromatic carbocycles. The van der Waals surface area contributed by atoms with Gasteiger partial charge in [0, 0.05) is 10.6 Å². The highest BCUT2D eigenvalue weighted by atomic mass is 35.5. The summed E-state index contributed by atoms with van der Waals surface area (Å²) in [6, 6.07) is 5.59. The molecule has 0 amide bonds. The van der Waals surface area contributed by atoms with Crippen LogP contribution in [0.15, 0.2) is 24.3 Å². The fourth-order valence-electron chi connectivity index (χ4n) is 1.33. The number of carbonyl (C=O) groups is 1. The maximum absolute atomic E-state index is 12.2. The third kappa shape index (κ3) is 3.44. The third-order valence-corrected chi connectivity index (χ3v) is 2.57. The van der Waals surface area contributed by atoms with Gasteiger partial charge in [0.2, 0.25) is 0 Å². The maximum atomic E-state index is 12.2. The van der Waals surface area contributed by atoms with E-state index in [-0.39, 0.29) is 10.6 Å². The molecule has 0 aromatic heterocycles. The lowest BCUT2D eigenvalue weighted by Crippen LogP contribution is -2.38. The summed E-state index contributed by atoms with van der Waals surface area (Å²) < 4.78 is 36.7. The zero-order chi connectivity index (χ0) is 13.2. The van der Waals surface area contributed by atoms with Crippen LogP contribution < -0.4 is 0 Å². The Morgan fingerprint density at radius 2 is 2.00 bits per heavy atom. The minimum Gasteiger partial charge on any atom is -0.383 e. The van der Waals surface area contributed by atoms with Gasteiger partial charge in [-0.05, 0) is 12.1 Å². The summed E-state index contributed by atoms with van der Waals surface area (Å²) in [5.41, 5.74) is 0.0494. The molecule has 2 nitrogen and oxygen atoms in total. The van der Waals surface area contributed by atoms with Crippen molar-refractivity contribution in [3.05, 3.63) is 34.9 Å². The molecule has 2 atom stereocenters. The summed E-state index contributed by atoms with van der Waals surface area (Å²) in [6.07, 6.45) is -7.48. The molecule has 0 aliphatic carbocycles. The average Bonchev–Trinajstić information content (AvgIpc) is 2.25. The lowest BCUT2D eigenvalue weighted by atomic mass is 9.94. The van der Waals surface area contributed by atoms with Crippen molar-refractivity contribution < 1.29 is 23.1 Å². The number of rotatable bonds is 3. The normalized spacial score (nSPS) is 15.4. The van der Waals surface area contributed by atoms with E-state index in [2.05, 4.69) is 0 Å². The maximum Gasteiger partial charge on any atom is 0.415 e. The number of aliphatic hydroxyl groups excluding tert-OH is 1. The predicted molar refractivity (Wildman–Crippen MR) is 57.0 cm³/mol. The summed E-state index contributed by atoms with van der Waals surface area (Å²) in [5.74, 6) is -2.36. The number of hydrogen-bond donors (Lipinski definition) is 1. The number of benzene rings is 1. The van der Waals surface area contributed by atoms with Gasteiger partial charge >= 0.3 is 6.18 Å². The van der Waals surface area contributed by atoms with E-state index in [9.17, 15) is 18.0 Å². The first-order valence-corrected chi connectivity index (χ1v) is 5.16. The Kier molecular flexibility index (Phi) is 4.16. The summed E-state index contributed by atoms with van der Waals surface area (Å²) >= 11 is 5.63. The number of hydrogen-bond acceptors (Lipinski definition) is 2. The number of Topliss-reactive ketones (excluding diaryl/α,β-unsaturated/α-hetero) is 1. The second-order valence-corrected chi connectivity index (χ2v) is 4.09. The van der Waals surface area contributed by atoms with Crippen molar-refractivity contribution in [3.8, 4) is 0 Å². The molecular weight excluding hydrogens is 257 g/mol. The van der Waals surface area contributed by atoms with Crippen molar-refractivity contribution in [1.29, 1.82) is 0 Å². The topological polar surface area (TPSA) is 37.3 Å². The van der Waals surface area contributed by atoms with E-state index < -0.39 is 24.0 Å². The molecule has 0 fully saturated rings. The Morgan fingerprint density at radius 1 is 1.41 bits per heavy atom. The summed E-state index contributed by atoms with van der Waals surface area (Å²) in [4.78, 5) is 11.7. The first-order chi connectivity index (χ1) is 7.73. The first-order valence-electron chi connectivity index (χ1n) is 4.78. The molecule has 1 N–H and O–H groups in total. The molecule has 6 heteroatoms. The quantitative estimate of drug-likeness (QED) is 0.854. The van der Waals surface area contributed by atoms with Gasteiger partial charge in [0.05, 0.1) is 5.92 Å². The summed E-state index contributed by atoms with van der Waals surface area (Å²) in [6.45, 7) is 1.03. The van der Waals surface area contributed by atoms with Crippen molar-refractivity contribution in [2.45, 2.75) is 19.2 Å². The van der Waals surface area contributed by atoms with E-state index in [0.717, 1.165) is 6.92 Å². The molecule has 0 saturated heterocycles. The molecular formula is C11H10ClF3O2. The fraction of sp³-hybridized carbons (Fsp3) is 0.364.